The van der Waals surface area contributed by atoms with Crippen LogP contribution in [0.2, 0.25) is 0 Å². The van der Waals surface area contributed by atoms with Gasteiger partial charge in [0, 0.05) is 26.2 Å². The van der Waals surface area contributed by atoms with Gasteiger partial charge < -0.3 is 15.0 Å². The zero-order valence-electron chi connectivity index (χ0n) is 9.37. The standard InChI is InChI=1S/C11H20N2O2/c1-9-8-13(5-2-6-15-9)11(14)10-3-4-12-7-10/h9-10,12H,2-8H2,1H3/t9?,10-/m1/s1. The highest BCUT2D eigenvalue weighted by Gasteiger charge is 2.28. The molecular formula is C11H20N2O2. The number of carbonyl (C=O) groups is 1. The van der Waals surface area contributed by atoms with Crippen LogP contribution in [0.25, 0.3) is 0 Å². The maximum absolute atomic E-state index is 12.1. The van der Waals surface area contributed by atoms with E-state index in [2.05, 4.69) is 5.32 Å². The number of carbonyl (C=O) groups excluding carboxylic acids is 1. The van der Waals surface area contributed by atoms with Crippen LogP contribution in [-0.2, 0) is 9.53 Å². The molecule has 0 spiro atoms. The molecule has 86 valence electrons. The quantitative estimate of drug-likeness (QED) is 0.676. The number of nitrogens with one attached hydrogen (secondary N) is 1. The van der Waals surface area contributed by atoms with Gasteiger partial charge in [0.1, 0.15) is 0 Å². The number of rotatable bonds is 1. The highest BCUT2D eigenvalue weighted by molar-refractivity contribution is 5.79. The predicted molar refractivity (Wildman–Crippen MR) is 57.6 cm³/mol. The number of amides is 1. The van der Waals surface area contributed by atoms with Crippen molar-refractivity contribution in [3.05, 3.63) is 0 Å². The molecule has 2 aliphatic heterocycles. The van der Waals surface area contributed by atoms with Crippen molar-refractivity contribution in [2.75, 3.05) is 32.8 Å². The van der Waals surface area contributed by atoms with E-state index in [1.165, 1.54) is 0 Å². The van der Waals surface area contributed by atoms with Crippen molar-refractivity contribution in [1.82, 2.24) is 10.2 Å². The monoisotopic (exact) mass is 212 g/mol. The molecule has 2 rings (SSSR count). The Morgan fingerprint density at radius 1 is 1.53 bits per heavy atom. The van der Waals surface area contributed by atoms with Crippen molar-refractivity contribution < 1.29 is 9.53 Å². The van der Waals surface area contributed by atoms with Crippen molar-refractivity contribution in [3.63, 3.8) is 0 Å². The van der Waals surface area contributed by atoms with Crippen LogP contribution in [0.3, 0.4) is 0 Å². The van der Waals surface area contributed by atoms with Gasteiger partial charge in [-0.15, -0.1) is 0 Å². The summed E-state index contributed by atoms with van der Waals surface area (Å²) in [6.45, 7) is 6.28. The Bertz CT molecular complexity index is 227. The van der Waals surface area contributed by atoms with Gasteiger partial charge in [0.25, 0.3) is 0 Å². The first-order valence-electron chi connectivity index (χ1n) is 5.88. The number of nitrogens with zero attached hydrogens (tertiary/aromatic N) is 1. The minimum absolute atomic E-state index is 0.186. The summed E-state index contributed by atoms with van der Waals surface area (Å²) in [6, 6.07) is 0. The molecule has 2 atom stereocenters. The lowest BCUT2D eigenvalue weighted by atomic mass is 10.1. The van der Waals surface area contributed by atoms with Crippen molar-refractivity contribution in [2.45, 2.75) is 25.9 Å². The molecule has 0 aromatic carbocycles. The van der Waals surface area contributed by atoms with E-state index in [4.69, 9.17) is 4.74 Å². The van der Waals surface area contributed by atoms with Gasteiger partial charge in [0.05, 0.1) is 12.0 Å². The molecule has 1 N–H and O–H groups in total. The van der Waals surface area contributed by atoms with Crippen LogP contribution in [0.15, 0.2) is 0 Å². The molecule has 0 saturated carbocycles. The first-order valence-corrected chi connectivity index (χ1v) is 5.88. The van der Waals surface area contributed by atoms with Crippen molar-refractivity contribution in [3.8, 4) is 0 Å². The average molecular weight is 212 g/mol. The van der Waals surface area contributed by atoms with Crippen molar-refractivity contribution in [1.29, 1.82) is 0 Å². The lowest BCUT2D eigenvalue weighted by Crippen LogP contribution is -2.40. The fourth-order valence-corrected chi connectivity index (χ4v) is 2.32. The molecule has 2 fully saturated rings. The van der Waals surface area contributed by atoms with Crippen LogP contribution in [0, 0.1) is 5.92 Å². The van der Waals surface area contributed by atoms with Gasteiger partial charge in [0.15, 0.2) is 0 Å². The van der Waals surface area contributed by atoms with E-state index < -0.39 is 0 Å². The topological polar surface area (TPSA) is 41.6 Å². The maximum atomic E-state index is 12.1. The molecule has 1 amide bonds. The second-order valence-electron chi connectivity index (χ2n) is 4.51. The minimum atomic E-state index is 0.186. The van der Waals surface area contributed by atoms with E-state index in [0.29, 0.717) is 5.91 Å². The zero-order chi connectivity index (χ0) is 10.7. The second-order valence-corrected chi connectivity index (χ2v) is 4.51. The van der Waals surface area contributed by atoms with Gasteiger partial charge >= 0.3 is 0 Å². The highest BCUT2D eigenvalue weighted by atomic mass is 16.5. The molecule has 15 heavy (non-hydrogen) atoms. The Labute approximate surface area is 91.0 Å². The van der Waals surface area contributed by atoms with Crippen LogP contribution in [0.5, 0.6) is 0 Å². The van der Waals surface area contributed by atoms with Gasteiger partial charge in [0.2, 0.25) is 5.91 Å². The average Bonchev–Trinajstić information content (AvgIpc) is 2.67. The molecule has 4 nitrogen and oxygen atoms in total. The molecule has 0 radical (unpaired) electrons. The van der Waals surface area contributed by atoms with E-state index in [1.807, 2.05) is 11.8 Å². The summed E-state index contributed by atoms with van der Waals surface area (Å²) in [6.07, 6.45) is 2.15. The van der Waals surface area contributed by atoms with Crippen LogP contribution < -0.4 is 5.32 Å². The third kappa shape index (κ3) is 2.69. The Kier molecular flexibility index (Phi) is 3.59. The molecule has 2 aliphatic rings. The van der Waals surface area contributed by atoms with Crippen LogP contribution >= 0.6 is 0 Å². The molecule has 1 unspecified atom stereocenters. The molecule has 0 aliphatic carbocycles. The summed E-state index contributed by atoms with van der Waals surface area (Å²) in [5.41, 5.74) is 0. The Morgan fingerprint density at radius 2 is 2.40 bits per heavy atom. The number of ether oxygens (including phenoxy) is 1. The van der Waals surface area contributed by atoms with Crippen molar-refractivity contribution in [2.24, 2.45) is 5.92 Å². The Balaban J connectivity index is 1.92. The molecule has 0 aromatic rings. The summed E-state index contributed by atoms with van der Waals surface area (Å²) in [7, 11) is 0. The summed E-state index contributed by atoms with van der Waals surface area (Å²) in [4.78, 5) is 14.1. The van der Waals surface area contributed by atoms with E-state index in [9.17, 15) is 4.79 Å². The van der Waals surface area contributed by atoms with Gasteiger partial charge in [-0.2, -0.15) is 0 Å². The predicted octanol–water partition coefficient (Wildman–Crippen LogP) is 0.233. The molecule has 0 aromatic heterocycles. The highest BCUT2D eigenvalue weighted by Crippen LogP contribution is 2.14. The largest absolute Gasteiger partial charge is 0.377 e. The van der Waals surface area contributed by atoms with Gasteiger partial charge in [-0.1, -0.05) is 0 Å². The zero-order valence-corrected chi connectivity index (χ0v) is 9.37. The lowest BCUT2D eigenvalue weighted by Gasteiger charge is -2.24. The van der Waals surface area contributed by atoms with Gasteiger partial charge in [-0.3, -0.25) is 4.79 Å². The summed E-state index contributed by atoms with van der Waals surface area (Å²) in [5, 5.41) is 3.24. The SMILES string of the molecule is CC1CN(C(=O)[C@@H]2CCNC2)CCCO1. The first-order chi connectivity index (χ1) is 7.27. The maximum Gasteiger partial charge on any atom is 0.227 e. The Hall–Kier alpha value is -0.610. The normalized spacial score (nSPS) is 32.7. The fraction of sp³-hybridized carbons (Fsp3) is 0.909. The van der Waals surface area contributed by atoms with E-state index in [-0.39, 0.29) is 12.0 Å². The first kappa shape index (κ1) is 10.9. The van der Waals surface area contributed by atoms with Gasteiger partial charge in [-0.05, 0) is 26.3 Å². The number of hydrogen-bond acceptors (Lipinski definition) is 3. The molecule has 4 heteroatoms. The van der Waals surface area contributed by atoms with E-state index in [0.717, 1.165) is 45.6 Å². The molecular weight excluding hydrogens is 192 g/mol. The summed E-state index contributed by atoms with van der Waals surface area (Å²) in [5.74, 6) is 0.521. The van der Waals surface area contributed by atoms with Crippen LogP contribution in [-0.4, -0.2) is 49.7 Å². The fourth-order valence-electron chi connectivity index (χ4n) is 2.32. The van der Waals surface area contributed by atoms with E-state index >= 15 is 0 Å². The molecule has 2 saturated heterocycles. The third-order valence-electron chi connectivity index (χ3n) is 3.17. The summed E-state index contributed by atoms with van der Waals surface area (Å²) < 4.78 is 5.54. The molecule has 0 bridgehead atoms. The smallest absolute Gasteiger partial charge is 0.227 e. The van der Waals surface area contributed by atoms with Crippen LogP contribution in [0.1, 0.15) is 19.8 Å². The summed E-state index contributed by atoms with van der Waals surface area (Å²) >= 11 is 0. The lowest BCUT2D eigenvalue weighted by molar-refractivity contribution is -0.135. The minimum Gasteiger partial charge on any atom is -0.377 e. The Morgan fingerprint density at radius 3 is 3.13 bits per heavy atom. The van der Waals surface area contributed by atoms with Crippen molar-refractivity contribution >= 4 is 5.91 Å². The molecule has 2 heterocycles. The van der Waals surface area contributed by atoms with E-state index in [1.54, 1.807) is 0 Å². The number of hydrogen-bond donors (Lipinski definition) is 1. The third-order valence-corrected chi connectivity index (χ3v) is 3.17. The second kappa shape index (κ2) is 4.94. The van der Waals surface area contributed by atoms with Crippen LogP contribution in [0.4, 0.5) is 0 Å². The van der Waals surface area contributed by atoms with Gasteiger partial charge in [-0.25, -0.2) is 0 Å².